The molecule has 0 saturated carbocycles. The summed E-state index contributed by atoms with van der Waals surface area (Å²) in [5, 5.41) is 8.91. The highest BCUT2D eigenvalue weighted by Gasteiger charge is 2.43. The Balaban J connectivity index is 2.03. The molecule has 2 atom stereocenters. The van der Waals surface area contributed by atoms with Crippen LogP contribution in [0.25, 0.3) is 4.98 Å². The zero-order valence-corrected chi connectivity index (χ0v) is 10.2. The Morgan fingerprint density at radius 2 is 1.74 bits per heavy atom. The van der Waals surface area contributed by atoms with Crippen molar-refractivity contribution in [2.45, 2.75) is 18.3 Å². The third-order valence-corrected chi connectivity index (χ3v) is 4.28. The molecule has 19 heavy (non-hydrogen) atoms. The van der Waals surface area contributed by atoms with E-state index in [1.165, 1.54) is 5.56 Å². The van der Waals surface area contributed by atoms with Gasteiger partial charge in [0.15, 0.2) is 4.98 Å². The molecular weight excluding hydrogens is 236 g/mol. The summed E-state index contributed by atoms with van der Waals surface area (Å²) < 4.78 is 0. The van der Waals surface area contributed by atoms with Gasteiger partial charge in [0.2, 0.25) is 5.39 Å². The van der Waals surface area contributed by atoms with Crippen LogP contribution in [0.4, 0.5) is 5.69 Å². The number of benzene rings is 2. The van der Waals surface area contributed by atoms with Crippen LogP contribution in [0.2, 0.25) is 0 Å². The molecule has 5 rings (SSSR count). The van der Waals surface area contributed by atoms with Crippen LogP contribution < -0.4 is 0 Å². The minimum absolute atomic E-state index is 0.116. The number of nitrogens with zero attached hydrogens (tertiary/aromatic N) is 2. The van der Waals surface area contributed by atoms with E-state index in [2.05, 4.69) is 17.1 Å². The minimum atomic E-state index is -0.135. The van der Waals surface area contributed by atoms with Crippen molar-refractivity contribution >= 4 is 11.5 Å². The lowest BCUT2D eigenvalue weighted by Crippen LogP contribution is -2.32. The Hall–Kier alpha value is -2.47. The van der Waals surface area contributed by atoms with Crippen LogP contribution in [0.1, 0.15) is 40.5 Å². The first-order valence-electron chi connectivity index (χ1n) is 6.40. The van der Waals surface area contributed by atoms with Crippen molar-refractivity contribution in [3.63, 3.8) is 0 Å². The Bertz CT molecular complexity index is 758. The maximum absolute atomic E-state index is 12.3. The zero-order valence-electron chi connectivity index (χ0n) is 10.2. The van der Waals surface area contributed by atoms with Gasteiger partial charge in [-0.3, -0.25) is 4.79 Å². The maximum Gasteiger partial charge on any atom is 0.385 e. The monoisotopic (exact) mass is 247 g/mol. The van der Waals surface area contributed by atoms with E-state index in [9.17, 15) is 4.79 Å². The van der Waals surface area contributed by atoms with Crippen LogP contribution in [0.3, 0.4) is 0 Å². The number of hydrogen-bond acceptors (Lipinski definition) is 2. The summed E-state index contributed by atoms with van der Waals surface area (Å²) in [5.74, 6) is 0.277. The highest BCUT2D eigenvalue weighted by atomic mass is 16.1. The molecule has 0 radical (unpaired) electrons. The van der Waals surface area contributed by atoms with Gasteiger partial charge in [-0.25, -0.2) is 0 Å². The molecule has 3 heteroatoms. The molecular formula is C16H11N2O+. The van der Waals surface area contributed by atoms with E-state index < -0.39 is 0 Å². The number of hydrogen-bond donors (Lipinski definition) is 0. The molecule has 0 fully saturated rings. The van der Waals surface area contributed by atoms with Crippen molar-refractivity contribution in [2.24, 2.45) is 0 Å². The first kappa shape index (κ1) is 10.5. The molecule has 3 aliphatic rings. The third-order valence-electron chi connectivity index (χ3n) is 4.28. The molecule has 0 N–H and O–H groups in total. The number of diazo groups is 1. The second-order valence-electron chi connectivity index (χ2n) is 5.20. The molecule has 2 bridgehead atoms. The van der Waals surface area contributed by atoms with Crippen LogP contribution in [-0.4, -0.2) is 5.78 Å². The van der Waals surface area contributed by atoms with Crippen molar-refractivity contribution < 1.29 is 4.79 Å². The molecule has 0 saturated heterocycles. The zero-order chi connectivity index (χ0) is 13.0. The SMILES string of the molecule is N#[N+]c1ccc2c(c1)[C@H]1CC(=O)[C@@H]2c2ccccc21. The lowest BCUT2D eigenvalue weighted by atomic mass is 9.63. The van der Waals surface area contributed by atoms with E-state index in [-0.39, 0.29) is 11.8 Å². The standard InChI is InChI=1S/C16H11N2O/c17-18-9-5-6-12-13(7-9)14-8-15(19)16(12)11-4-2-1-3-10(11)14/h1-7,14,16H,8H2/q+1/t14-,16+/m0/s1. The molecule has 2 aromatic carbocycles. The highest BCUT2D eigenvalue weighted by molar-refractivity contribution is 5.95. The average Bonchev–Trinajstić information content (AvgIpc) is 2.47. The number of Topliss-reactive ketones (excluding diaryl/α,β-unsaturated/α-hetero) is 1. The number of ketones is 1. The molecule has 0 amide bonds. The van der Waals surface area contributed by atoms with E-state index in [1.54, 1.807) is 6.07 Å². The summed E-state index contributed by atoms with van der Waals surface area (Å²) in [6.07, 6.45) is 0.559. The first-order valence-corrected chi connectivity index (χ1v) is 6.40. The fraction of sp³-hybridized carbons (Fsp3) is 0.188. The second-order valence-corrected chi connectivity index (χ2v) is 5.20. The lowest BCUT2D eigenvalue weighted by molar-refractivity contribution is -0.120. The molecule has 3 nitrogen and oxygen atoms in total. The van der Waals surface area contributed by atoms with Gasteiger partial charge in [-0.2, -0.15) is 0 Å². The van der Waals surface area contributed by atoms with Gasteiger partial charge < -0.3 is 0 Å². The van der Waals surface area contributed by atoms with Crippen molar-refractivity contribution in [2.75, 3.05) is 0 Å². The van der Waals surface area contributed by atoms with E-state index in [0.29, 0.717) is 17.9 Å². The first-order chi connectivity index (χ1) is 9.29. The predicted octanol–water partition coefficient (Wildman–Crippen LogP) is 3.72. The normalized spacial score (nSPS) is 22.6. The van der Waals surface area contributed by atoms with Crippen LogP contribution >= 0.6 is 0 Å². The van der Waals surface area contributed by atoms with Crippen LogP contribution in [0.5, 0.6) is 0 Å². The molecule has 3 aliphatic carbocycles. The van der Waals surface area contributed by atoms with Crippen molar-refractivity contribution in [3.8, 4) is 0 Å². The Morgan fingerprint density at radius 3 is 2.53 bits per heavy atom. The topological polar surface area (TPSA) is 45.2 Å². The minimum Gasteiger partial charge on any atom is -0.299 e. The van der Waals surface area contributed by atoms with Gasteiger partial charge in [0.25, 0.3) is 0 Å². The van der Waals surface area contributed by atoms with E-state index >= 15 is 0 Å². The van der Waals surface area contributed by atoms with Gasteiger partial charge in [0.1, 0.15) is 5.78 Å². The fourth-order valence-corrected chi connectivity index (χ4v) is 3.50. The predicted molar refractivity (Wildman–Crippen MR) is 70.9 cm³/mol. The van der Waals surface area contributed by atoms with Crippen molar-refractivity contribution in [1.82, 2.24) is 0 Å². The second kappa shape index (κ2) is 3.52. The average molecular weight is 247 g/mol. The fourth-order valence-electron chi connectivity index (χ4n) is 3.50. The van der Waals surface area contributed by atoms with Crippen LogP contribution in [0, 0.1) is 5.39 Å². The highest BCUT2D eigenvalue weighted by Crippen LogP contribution is 2.51. The summed E-state index contributed by atoms with van der Waals surface area (Å²) in [4.78, 5) is 15.5. The van der Waals surface area contributed by atoms with Crippen LogP contribution in [-0.2, 0) is 4.79 Å². The number of rotatable bonds is 0. The van der Waals surface area contributed by atoms with Crippen LogP contribution in [0.15, 0.2) is 42.5 Å². The molecule has 0 aromatic heterocycles. The third kappa shape index (κ3) is 1.26. The molecule has 90 valence electrons. The summed E-state index contributed by atoms with van der Waals surface area (Å²) in [5.41, 5.74) is 5.15. The smallest absolute Gasteiger partial charge is 0.299 e. The lowest BCUT2D eigenvalue weighted by Gasteiger charge is -2.38. The van der Waals surface area contributed by atoms with Gasteiger partial charge in [0, 0.05) is 24.5 Å². The van der Waals surface area contributed by atoms with Gasteiger partial charge in [-0.15, -0.1) is 0 Å². The largest absolute Gasteiger partial charge is 0.385 e. The van der Waals surface area contributed by atoms with Gasteiger partial charge in [-0.05, 0) is 28.3 Å². The molecule has 0 heterocycles. The Labute approximate surface area is 110 Å². The van der Waals surface area contributed by atoms with Gasteiger partial charge >= 0.3 is 5.69 Å². The molecule has 0 spiro atoms. The summed E-state index contributed by atoms with van der Waals surface area (Å²) >= 11 is 0. The molecule has 0 unspecified atom stereocenters. The summed E-state index contributed by atoms with van der Waals surface area (Å²) in [6, 6.07) is 13.7. The molecule has 2 aromatic rings. The van der Waals surface area contributed by atoms with E-state index in [1.807, 2.05) is 24.3 Å². The van der Waals surface area contributed by atoms with Gasteiger partial charge in [-0.1, -0.05) is 24.3 Å². The van der Waals surface area contributed by atoms with Crippen molar-refractivity contribution in [3.05, 3.63) is 69.7 Å². The van der Waals surface area contributed by atoms with Crippen molar-refractivity contribution in [1.29, 1.82) is 5.39 Å². The van der Waals surface area contributed by atoms with E-state index in [4.69, 9.17) is 5.39 Å². The van der Waals surface area contributed by atoms with E-state index in [0.717, 1.165) is 16.7 Å². The Morgan fingerprint density at radius 1 is 1.00 bits per heavy atom. The van der Waals surface area contributed by atoms with Gasteiger partial charge in [0.05, 0.1) is 5.92 Å². The quantitative estimate of drug-likeness (QED) is 0.666. The molecule has 0 aliphatic heterocycles. The Kier molecular flexibility index (Phi) is 1.94. The maximum atomic E-state index is 12.3. The number of carbonyl (C=O) groups is 1. The number of fused-ring (bicyclic) bond motifs is 1. The summed E-state index contributed by atoms with van der Waals surface area (Å²) in [7, 11) is 0. The number of carbonyl (C=O) groups excluding carboxylic acids is 1. The summed E-state index contributed by atoms with van der Waals surface area (Å²) in [6.45, 7) is 0.